The standard InChI is InChI=1S/C22H29ClN6O2.HI/c1-24-22(25-13-19-27-20(28-31-19)15-7-9-17(23)10-8-15)26-18-11-12-29(14-18)21(30)16-5-3-2-4-6-16;/h7-10,16,18H,2-6,11-14H2,1H3,(H2,24,25,26);1H. The van der Waals surface area contributed by atoms with Crippen LogP contribution in [0.3, 0.4) is 0 Å². The first kappa shape index (κ1) is 24.8. The molecule has 2 fully saturated rings. The van der Waals surface area contributed by atoms with E-state index in [2.05, 4.69) is 25.8 Å². The van der Waals surface area contributed by atoms with Crippen LogP contribution in [0.5, 0.6) is 0 Å². The minimum Gasteiger partial charge on any atom is -0.352 e. The Kier molecular flexibility index (Phi) is 9.15. The average Bonchev–Trinajstić information content (AvgIpc) is 3.47. The summed E-state index contributed by atoms with van der Waals surface area (Å²) in [4.78, 5) is 23.5. The molecule has 2 aliphatic rings. The van der Waals surface area contributed by atoms with E-state index in [1.165, 1.54) is 19.3 Å². The van der Waals surface area contributed by atoms with Gasteiger partial charge in [-0.2, -0.15) is 4.98 Å². The maximum Gasteiger partial charge on any atom is 0.246 e. The number of hydrogen-bond acceptors (Lipinski definition) is 5. The Balaban J connectivity index is 0.00000289. The minimum absolute atomic E-state index is 0. The molecule has 4 rings (SSSR count). The molecule has 174 valence electrons. The molecule has 1 atom stereocenters. The Morgan fingerprint density at radius 1 is 1.22 bits per heavy atom. The lowest BCUT2D eigenvalue weighted by Crippen LogP contribution is -2.45. The van der Waals surface area contributed by atoms with Gasteiger partial charge in [-0.1, -0.05) is 36.0 Å². The van der Waals surface area contributed by atoms with Crippen LogP contribution in [0.25, 0.3) is 11.4 Å². The number of benzene rings is 1. The number of carbonyl (C=O) groups is 1. The van der Waals surface area contributed by atoms with E-state index in [0.29, 0.717) is 35.1 Å². The van der Waals surface area contributed by atoms with Crippen molar-refractivity contribution in [2.24, 2.45) is 10.9 Å². The Bertz CT molecular complexity index is 913. The van der Waals surface area contributed by atoms with Gasteiger partial charge in [0.25, 0.3) is 0 Å². The van der Waals surface area contributed by atoms with E-state index < -0.39 is 0 Å². The van der Waals surface area contributed by atoms with Crippen LogP contribution in [0.2, 0.25) is 5.02 Å². The van der Waals surface area contributed by atoms with E-state index in [4.69, 9.17) is 16.1 Å². The fourth-order valence-corrected chi connectivity index (χ4v) is 4.40. The molecule has 1 aliphatic carbocycles. The summed E-state index contributed by atoms with van der Waals surface area (Å²) in [7, 11) is 1.72. The molecule has 2 heterocycles. The molecular weight excluding hydrogens is 543 g/mol. The summed E-state index contributed by atoms with van der Waals surface area (Å²) in [6.45, 7) is 1.88. The number of carbonyl (C=O) groups excluding carboxylic acids is 1. The lowest BCUT2D eigenvalue weighted by atomic mass is 9.88. The fraction of sp³-hybridized carbons (Fsp3) is 0.545. The summed E-state index contributed by atoms with van der Waals surface area (Å²) in [5, 5.41) is 11.3. The van der Waals surface area contributed by atoms with Crippen LogP contribution in [0, 0.1) is 5.92 Å². The smallest absolute Gasteiger partial charge is 0.246 e. The SMILES string of the molecule is CN=C(NCc1nc(-c2ccc(Cl)cc2)no1)NC1CCN(C(=O)C2CCCCC2)C1.I. The number of nitrogens with zero attached hydrogens (tertiary/aromatic N) is 4. The summed E-state index contributed by atoms with van der Waals surface area (Å²) < 4.78 is 5.34. The molecule has 1 aliphatic heterocycles. The van der Waals surface area contributed by atoms with E-state index in [-0.39, 0.29) is 35.9 Å². The quantitative estimate of drug-likeness (QED) is 0.321. The predicted molar refractivity (Wildman–Crippen MR) is 135 cm³/mol. The number of nitrogens with one attached hydrogen (secondary N) is 2. The highest BCUT2D eigenvalue weighted by Crippen LogP contribution is 2.26. The molecule has 0 bridgehead atoms. The fourth-order valence-electron chi connectivity index (χ4n) is 4.28. The Labute approximate surface area is 210 Å². The lowest BCUT2D eigenvalue weighted by molar-refractivity contribution is -0.135. The zero-order valence-electron chi connectivity index (χ0n) is 18.2. The summed E-state index contributed by atoms with van der Waals surface area (Å²) in [5.41, 5.74) is 0.843. The summed E-state index contributed by atoms with van der Waals surface area (Å²) in [6, 6.07) is 7.48. The predicted octanol–water partition coefficient (Wildman–Crippen LogP) is 3.85. The molecule has 1 amide bonds. The first-order valence-electron chi connectivity index (χ1n) is 11.0. The Morgan fingerprint density at radius 2 is 1.97 bits per heavy atom. The van der Waals surface area contributed by atoms with Crippen LogP contribution in [0.4, 0.5) is 0 Å². The van der Waals surface area contributed by atoms with Crippen LogP contribution in [0.1, 0.15) is 44.4 Å². The van der Waals surface area contributed by atoms with Crippen molar-refractivity contribution < 1.29 is 9.32 Å². The van der Waals surface area contributed by atoms with Crippen molar-refractivity contribution in [2.75, 3.05) is 20.1 Å². The maximum absolute atomic E-state index is 12.8. The van der Waals surface area contributed by atoms with Crippen molar-refractivity contribution in [2.45, 2.75) is 51.1 Å². The van der Waals surface area contributed by atoms with E-state index >= 15 is 0 Å². The molecule has 0 spiro atoms. The van der Waals surface area contributed by atoms with Gasteiger partial charge in [0.1, 0.15) is 0 Å². The number of guanidine groups is 1. The number of rotatable bonds is 5. The van der Waals surface area contributed by atoms with Crippen molar-refractivity contribution in [3.05, 3.63) is 35.2 Å². The van der Waals surface area contributed by atoms with Gasteiger partial charge < -0.3 is 20.1 Å². The second-order valence-corrected chi connectivity index (χ2v) is 8.63. The van der Waals surface area contributed by atoms with Gasteiger partial charge in [-0.25, -0.2) is 0 Å². The minimum atomic E-state index is 0. The molecule has 1 saturated heterocycles. The van der Waals surface area contributed by atoms with Crippen LogP contribution in [-0.2, 0) is 11.3 Å². The summed E-state index contributed by atoms with van der Waals surface area (Å²) in [6.07, 6.45) is 6.62. The van der Waals surface area contributed by atoms with Crippen molar-refractivity contribution >= 4 is 47.4 Å². The van der Waals surface area contributed by atoms with E-state index in [0.717, 1.165) is 37.9 Å². The van der Waals surface area contributed by atoms with Crippen molar-refractivity contribution in [3.8, 4) is 11.4 Å². The maximum atomic E-state index is 12.8. The van der Waals surface area contributed by atoms with Crippen LogP contribution >= 0.6 is 35.6 Å². The average molecular weight is 573 g/mol. The van der Waals surface area contributed by atoms with Gasteiger partial charge in [0.15, 0.2) is 5.96 Å². The topological polar surface area (TPSA) is 95.7 Å². The van der Waals surface area contributed by atoms with E-state index in [1.54, 1.807) is 19.2 Å². The first-order chi connectivity index (χ1) is 15.1. The highest BCUT2D eigenvalue weighted by molar-refractivity contribution is 14.0. The number of likely N-dealkylation sites (tertiary alicyclic amines) is 1. The Morgan fingerprint density at radius 3 is 2.69 bits per heavy atom. The van der Waals surface area contributed by atoms with Crippen LogP contribution < -0.4 is 10.6 Å². The van der Waals surface area contributed by atoms with Crippen LogP contribution in [-0.4, -0.2) is 53.1 Å². The molecule has 1 saturated carbocycles. The molecule has 8 nitrogen and oxygen atoms in total. The third-order valence-electron chi connectivity index (χ3n) is 6.00. The van der Waals surface area contributed by atoms with Crippen molar-refractivity contribution in [3.63, 3.8) is 0 Å². The molecule has 1 aromatic heterocycles. The second kappa shape index (κ2) is 11.8. The van der Waals surface area contributed by atoms with Crippen molar-refractivity contribution in [1.29, 1.82) is 0 Å². The second-order valence-electron chi connectivity index (χ2n) is 8.19. The molecule has 1 aromatic carbocycles. The number of amides is 1. The van der Waals surface area contributed by atoms with Gasteiger partial charge in [-0.15, -0.1) is 24.0 Å². The van der Waals surface area contributed by atoms with E-state index in [1.807, 2.05) is 17.0 Å². The molecule has 2 aromatic rings. The zero-order valence-corrected chi connectivity index (χ0v) is 21.3. The van der Waals surface area contributed by atoms with Gasteiger partial charge in [0.05, 0.1) is 6.54 Å². The molecular formula is C22H30ClIN6O2. The third-order valence-corrected chi connectivity index (χ3v) is 6.25. The largest absolute Gasteiger partial charge is 0.352 e. The first-order valence-corrected chi connectivity index (χ1v) is 11.3. The molecule has 0 radical (unpaired) electrons. The third kappa shape index (κ3) is 6.34. The number of aromatic nitrogens is 2. The van der Waals surface area contributed by atoms with Gasteiger partial charge in [0, 0.05) is 42.7 Å². The molecule has 2 N–H and O–H groups in total. The lowest BCUT2D eigenvalue weighted by Gasteiger charge is -2.26. The van der Waals surface area contributed by atoms with Crippen molar-refractivity contribution in [1.82, 2.24) is 25.7 Å². The van der Waals surface area contributed by atoms with Gasteiger partial charge in [-0.3, -0.25) is 9.79 Å². The molecule has 32 heavy (non-hydrogen) atoms. The normalized spacial score (nSPS) is 19.5. The zero-order chi connectivity index (χ0) is 21.6. The molecule has 1 unspecified atom stereocenters. The van der Waals surface area contributed by atoms with Gasteiger partial charge in [-0.05, 0) is 43.5 Å². The van der Waals surface area contributed by atoms with E-state index in [9.17, 15) is 4.79 Å². The molecule has 10 heteroatoms. The highest BCUT2D eigenvalue weighted by Gasteiger charge is 2.31. The van der Waals surface area contributed by atoms with Crippen LogP contribution in [0.15, 0.2) is 33.8 Å². The summed E-state index contributed by atoms with van der Waals surface area (Å²) >= 11 is 5.92. The van der Waals surface area contributed by atoms with Gasteiger partial charge in [0.2, 0.25) is 17.6 Å². The number of halogens is 2. The highest BCUT2D eigenvalue weighted by atomic mass is 127. The van der Waals surface area contributed by atoms with Gasteiger partial charge >= 0.3 is 0 Å². The summed E-state index contributed by atoms with van der Waals surface area (Å²) in [5.74, 6) is 2.19. The number of hydrogen-bond donors (Lipinski definition) is 2. The monoisotopic (exact) mass is 572 g/mol. The number of aliphatic imine (C=N–C) groups is 1. The Hall–Kier alpha value is -1.88.